The number of ether oxygens (including phenoxy) is 9. The molecule has 0 bridgehead atoms. The quantitative estimate of drug-likeness (QED) is 0.116. The third-order valence-corrected chi connectivity index (χ3v) is 9.42. The van der Waals surface area contributed by atoms with Gasteiger partial charge >= 0.3 is 6.18 Å². The van der Waals surface area contributed by atoms with Crippen LogP contribution in [0.5, 0.6) is 46.0 Å². The zero-order valence-corrected chi connectivity index (χ0v) is 55.3. The highest BCUT2D eigenvalue weighted by Gasteiger charge is 2.33. The summed E-state index contributed by atoms with van der Waals surface area (Å²) in [5.74, 6) is 7.01. The van der Waals surface area contributed by atoms with Gasteiger partial charge in [0.15, 0.2) is 0 Å². The predicted octanol–water partition coefficient (Wildman–Crippen LogP) is 19.8. The molecule has 0 amide bonds. The summed E-state index contributed by atoms with van der Waals surface area (Å²) in [6, 6.07) is 47.4. The van der Waals surface area contributed by atoms with Crippen molar-refractivity contribution >= 4 is 17.5 Å². The van der Waals surface area contributed by atoms with Crippen molar-refractivity contribution in [1.82, 2.24) is 0 Å². The molecule has 0 N–H and O–H groups in total. The first-order valence-electron chi connectivity index (χ1n) is 26.6. The number of rotatable bonds is 11. The Bertz CT molecular complexity index is 2270. The van der Waals surface area contributed by atoms with Gasteiger partial charge in [-0.1, -0.05) is 123 Å². The summed E-state index contributed by atoms with van der Waals surface area (Å²) in [4.78, 5) is 9.44. The van der Waals surface area contributed by atoms with Crippen LogP contribution in [0.4, 0.5) is 26.3 Å². The zero-order chi connectivity index (χ0) is 66.1. The van der Waals surface area contributed by atoms with Gasteiger partial charge in [-0.15, -0.1) is 0 Å². The number of carbonyl (C=O) groups is 1. The van der Waals surface area contributed by atoms with Crippen molar-refractivity contribution in [1.29, 1.82) is 0 Å². The van der Waals surface area contributed by atoms with Crippen LogP contribution in [0.1, 0.15) is 100 Å². The molecule has 6 aromatic carbocycles. The molecule has 0 aliphatic rings. The molecule has 476 valence electrons. The van der Waals surface area contributed by atoms with E-state index in [1.165, 1.54) is 48.9 Å². The number of thioether (sulfide) groups is 1. The van der Waals surface area contributed by atoms with Crippen LogP contribution in [0, 0.1) is 0 Å². The molecule has 0 aliphatic carbocycles. The number of hydrogen-bond acceptors (Lipinski definition) is 11. The molecule has 0 atom stereocenters. The highest BCUT2D eigenvalue weighted by atomic mass is 32.2. The van der Waals surface area contributed by atoms with Crippen LogP contribution in [0.25, 0.3) is 11.1 Å². The van der Waals surface area contributed by atoms with Gasteiger partial charge in [-0.2, -0.15) is 33.7 Å². The Hall–Kier alpha value is -6.98. The van der Waals surface area contributed by atoms with E-state index >= 15 is 0 Å². The van der Waals surface area contributed by atoms with Crippen LogP contribution in [-0.2, 0) is 14.9 Å². The number of Topliss-reactive ketones (excluding diaryl/α,β-unsaturated/α-hetero) is 1. The van der Waals surface area contributed by atoms with E-state index in [0.717, 1.165) is 46.0 Å². The van der Waals surface area contributed by atoms with Crippen molar-refractivity contribution in [3.8, 4) is 57.1 Å². The lowest BCUT2D eigenvalue weighted by Crippen LogP contribution is -2.18. The molecular formula is C67H100F6O10S. The monoisotopic (exact) mass is 1210 g/mol. The van der Waals surface area contributed by atoms with E-state index in [1.54, 1.807) is 82.9 Å². The maximum absolute atomic E-state index is 11.2. The van der Waals surface area contributed by atoms with Gasteiger partial charge in [0.25, 0.3) is 6.08 Å². The van der Waals surface area contributed by atoms with E-state index < -0.39 is 17.8 Å². The summed E-state index contributed by atoms with van der Waals surface area (Å²) in [5, 5.41) is 0. The fourth-order valence-electron chi connectivity index (χ4n) is 5.30. The van der Waals surface area contributed by atoms with Crippen LogP contribution in [-0.4, -0.2) is 103 Å². The van der Waals surface area contributed by atoms with Gasteiger partial charge in [0.1, 0.15) is 51.8 Å². The molecule has 0 aliphatic heterocycles. The second-order valence-electron chi connectivity index (χ2n) is 16.8. The summed E-state index contributed by atoms with van der Waals surface area (Å²) in [6.45, 7) is 20.3. The van der Waals surface area contributed by atoms with Gasteiger partial charge in [0.2, 0.25) is 0 Å². The molecule has 10 nitrogen and oxygen atoms in total. The standard InChI is InChI=1S/C17H20O2.C14H14O2.2C8H10O2.C4H3F5.C3H6O.2C3H8.C2H6O.C2H6S.C2H6.CH3F/c1-17(2,13-5-9-15(18-3)10-6-13)14-7-11-16(19-4)12-8-14;1-15-13-7-3-11(4-8-13)12-5-9-14(16-2)10-6-12;1-9-7-3-5-8(10-2)6-4-7;1-9-7-4-3-5-8(6-7)10-2;1-2(3(5)6)4(7,8)9;1-3(2)4;4*1-3-2;2*1-2/h5-12H,1-4H3;3-10H,1-2H3;2*3-6H,1-2H3;1H3;1-2H3;2*3H2,1-2H3;2*1-2H3;1-2H3;1H3. The van der Waals surface area contributed by atoms with Gasteiger partial charge in [0.05, 0.1) is 69.6 Å². The SMILES string of the molecule is CC.CC(=C(F)F)C(F)(F)F.CC(C)=O.CCC.CCC.CF.COC.COc1ccc(-c2ccc(OC)cc2)cc1.COc1ccc(C(C)(C)c2ccc(OC)cc2)cc1.COc1ccc(OC)cc1.COc1cccc(OC)c1.CSC. The molecule has 0 saturated carbocycles. The number of benzene rings is 6. The van der Waals surface area contributed by atoms with Gasteiger partial charge in [-0.3, -0.25) is 4.39 Å². The number of ketones is 1. The van der Waals surface area contributed by atoms with Crippen LogP contribution in [0.15, 0.2) is 157 Å². The molecule has 0 aromatic heterocycles. The van der Waals surface area contributed by atoms with Crippen LogP contribution < -0.4 is 37.9 Å². The topological polar surface area (TPSA) is 100 Å². The van der Waals surface area contributed by atoms with E-state index in [4.69, 9.17) is 37.9 Å². The molecule has 6 rings (SSSR count). The zero-order valence-electron chi connectivity index (χ0n) is 54.5. The molecule has 0 unspecified atom stereocenters. The van der Waals surface area contributed by atoms with Crippen molar-refractivity contribution in [2.45, 2.75) is 101 Å². The van der Waals surface area contributed by atoms with E-state index in [-0.39, 0.29) is 11.2 Å². The Morgan fingerprint density at radius 2 is 0.595 bits per heavy atom. The van der Waals surface area contributed by atoms with Crippen LogP contribution >= 0.6 is 11.8 Å². The van der Waals surface area contributed by atoms with Crippen LogP contribution in [0.3, 0.4) is 0 Å². The molecular weight excluding hydrogens is 1110 g/mol. The molecule has 6 aromatic rings. The number of halogens is 6. The predicted molar refractivity (Wildman–Crippen MR) is 342 cm³/mol. The van der Waals surface area contributed by atoms with Crippen molar-refractivity contribution in [3.05, 3.63) is 168 Å². The lowest BCUT2D eigenvalue weighted by atomic mass is 9.78. The van der Waals surface area contributed by atoms with Crippen LogP contribution in [0.2, 0.25) is 0 Å². The Labute approximate surface area is 506 Å². The fraction of sp³-hybridized carbons (Fsp3) is 0.418. The average molecular weight is 1210 g/mol. The minimum Gasteiger partial charge on any atom is -0.497 e. The summed E-state index contributed by atoms with van der Waals surface area (Å²) in [5.41, 5.74) is 2.99. The summed E-state index contributed by atoms with van der Waals surface area (Å²) >= 11 is 1.75. The third-order valence-electron chi connectivity index (χ3n) is 9.42. The van der Waals surface area contributed by atoms with Gasteiger partial charge < -0.3 is 47.4 Å². The molecule has 17 heteroatoms. The summed E-state index contributed by atoms with van der Waals surface area (Å²) < 4.78 is 110. The van der Waals surface area contributed by atoms with Crippen molar-refractivity contribution in [3.63, 3.8) is 0 Å². The number of alkyl halides is 4. The normalized spacial score (nSPS) is 9.07. The maximum atomic E-state index is 11.2. The molecule has 84 heavy (non-hydrogen) atoms. The summed E-state index contributed by atoms with van der Waals surface area (Å²) in [7, 11) is 17.0. The Balaban J connectivity index is -0.000000214. The Kier molecular flexibility index (Phi) is 60.7. The Morgan fingerprint density at radius 3 is 0.750 bits per heavy atom. The molecule has 0 spiro atoms. The highest BCUT2D eigenvalue weighted by Crippen LogP contribution is 2.33. The van der Waals surface area contributed by atoms with Crippen molar-refractivity contribution in [2.75, 3.05) is 90.8 Å². The number of carbonyl (C=O) groups excluding carboxylic acids is 1. The lowest BCUT2D eigenvalue weighted by molar-refractivity contribution is -0.115. The smallest absolute Gasteiger partial charge is 0.417 e. The Morgan fingerprint density at radius 1 is 0.417 bits per heavy atom. The van der Waals surface area contributed by atoms with Crippen molar-refractivity contribution < 1.29 is 73.8 Å². The van der Waals surface area contributed by atoms with E-state index in [1.807, 2.05) is 148 Å². The first-order chi connectivity index (χ1) is 39.9. The molecule has 0 radical (unpaired) electrons. The minimum atomic E-state index is -4.89. The van der Waals surface area contributed by atoms with E-state index in [9.17, 15) is 31.1 Å². The maximum Gasteiger partial charge on any atom is 0.417 e. The first-order valence-corrected chi connectivity index (χ1v) is 28.2. The fourth-order valence-corrected chi connectivity index (χ4v) is 5.30. The second kappa shape index (κ2) is 57.8. The average Bonchev–Trinajstić information content (AvgIpc) is 3.66. The van der Waals surface area contributed by atoms with Crippen molar-refractivity contribution in [2.24, 2.45) is 0 Å². The van der Waals surface area contributed by atoms with Gasteiger partial charge in [-0.25, -0.2) is 0 Å². The van der Waals surface area contributed by atoms with Gasteiger partial charge in [0, 0.05) is 25.7 Å². The largest absolute Gasteiger partial charge is 0.497 e. The molecule has 0 heterocycles. The highest BCUT2D eigenvalue weighted by molar-refractivity contribution is 7.97. The lowest BCUT2D eigenvalue weighted by Gasteiger charge is -2.26. The number of hydrogen-bond donors (Lipinski definition) is 0. The second-order valence-corrected chi connectivity index (χ2v) is 17.6. The van der Waals surface area contributed by atoms with E-state index in [0.29, 0.717) is 14.1 Å². The van der Waals surface area contributed by atoms with E-state index in [2.05, 4.69) is 70.5 Å². The number of allylic oxidation sites excluding steroid dienone is 1. The minimum absolute atomic E-state index is 0.0431. The third kappa shape index (κ3) is 45.5. The summed E-state index contributed by atoms with van der Waals surface area (Å²) in [6.07, 6.45) is -0.985. The number of methoxy groups -OCH3 is 9. The van der Waals surface area contributed by atoms with Gasteiger partial charge in [-0.05, 0) is 140 Å². The first kappa shape index (κ1) is 88.2. The molecule has 0 fully saturated rings. The molecule has 0 saturated heterocycles.